The molecule has 0 radical (unpaired) electrons. The maximum atomic E-state index is 13.9. The Bertz CT molecular complexity index is 954. The molecule has 0 aromatic heterocycles. The van der Waals surface area contributed by atoms with Gasteiger partial charge >= 0.3 is 6.18 Å². The summed E-state index contributed by atoms with van der Waals surface area (Å²) in [5.41, 5.74) is -3.21. The van der Waals surface area contributed by atoms with E-state index in [4.69, 9.17) is 0 Å². The number of hydrogen-bond donors (Lipinski definition) is 0. The molecule has 0 fully saturated rings. The highest BCUT2D eigenvalue weighted by atomic mass is 79.9. The van der Waals surface area contributed by atoms with Crippen LogP contribution in [0.3, 0.4) is 0 Å². The summed E-state index contributed by atoms with van der Waals surface area (Å²) in [5, 5.41) is 0. The summed E-state index contributed by atoms with van der Waals surface area (Å²) in [5.74, 6) is -10.8. The minimum Gasteiger partial charge on any atom is -0.300 e. The number of benzene rings is 2. The van der Waals surface area contributed by atoms with Gasteiger partial charge in [-0.25, -0.2) is 17.6 Å². The molecule has 2 nitrogen and oxygen atoms in total. The van der Waals surface area contributed by atoms with Crippen molar-refractivity contribution in [2.24, 2.45) is 0 Å². The Morgan fingerprint density at radius 3 is 1.76 bits per heavy atom. The van der Waals surface area contributed by atoms with Crippen molar-refractivity contribution in [2.75, 3.05) is 0 Å². The van der Waals surface area contributed by atoms with E-state index in [0.717, 1.165) is 0 Å². The van der Waals surface area contributed by atoms with E-state index in [1.807, 2.05) is 0 Å². The highest BCUT2D eigenvalue weighted by molar-refractivity contribution is 9.10. The predicted molar refractivity (Wildman–Crippen MR) is 92.2 cm³/mol. The fraction of sp³-hybridized carbons (Fsp3) is 0.263. The third-order valence-electron chi connectivity index (χ3n) is 3.88. The lowest BCUT2D eigenvalue weighted by Crippen LogP contribution is -2.19. The van der Waals surface area contributed by atoms with Crippen molar-refractivity contribution >= 4 is 27.5 Å². The summed E-state index contributed by atoms with van der Waals surface area (Å²) in [6.45, 7) is 1.35. The van der Waals surface area contributed by atoms with Crippen LogP contribution in [0.25, 0.3) is 0 Å². The van der Waals surface area contributed by atoms with Crippen LogP contribution in [0.5, 0.6) is 0 Å². The third kappa shape index (κ3) is 5.43. The Balaban J connectivity index is 2.33. The number of halogens is 8. The van der Waals surface area contributed by atoms with E-state index < -0.39 is 59.2 Å². The van der Waals surface area contributed by atoms with Gasteiger partial charge in [-0.2, -0.15) is 13.2 Å². The summed E-state index contributed by atoms with van der Waals surface area (Å²) in [6.07, 6.45) is -7.16. The minimum atomic E-state index is -5.65. The molecule has 0 aliphatic rings. The van der Waals surface area contributed by atoms with Gasteiger partial charge in [0, 0.05) is 29.3 Å². The van der Waals surface area contributed by atoms with Crippen LogP contribution >= 0.6 is 15.9 Å². The SMILES string of the molecule is CC(=O)Cc1cc(Br)cc(CC(=O)Cc2c(F)c(F)c(C(F)(F)F)c(F)c2F)c1. The van der Waals surface area contributed by atoms with Crippen LogP contribution in [-0.4, -0.2) is 11.6 Å². The zero-order chi connectivity index (χ0) is 22.1. The summed E-state index contributed by atoms with van der Waals surface area (Å²) in [4.78, 5) is 23.4. The quantitative estimate of drug-likeness (QED) is 0.400. The molecule has 0 unspecified atom stereocenters. The molecule has 2 aromatic carbocycles. The van der Waals surface area contributed by atoms with Gasteiger partial charge in [-0.3, -0.25) is 9.59 Å². The lowest BCUT2D eigenvalue weighted by atomic mass is 9.98. The zero-order valence-electron chi connectivity index (χ0n) is 14.7. The first-order chi connectivity index (χ1) is 13.3. The summed E-state index contributed by atoms with van der Waals surface area (Å²) < 4.78 is 93.5. The summed E-state index contributed by atoms with van der Waals surface area (Å²) >= 11 is 3.18. The van der Waals surface area contributed by atoms with E-state index in [1.165, 1.54) is 19.1 Å². The van der Waals surface area contributed by atoms with Gasteiger partial charge in [-0.1, -0.05) is 22.0 Å². The van der Waals surface area contributed by atoms with Crippen LogP contribution in [0.1, 0.15) is 29.2 Å². The molecular formula is C19H12BrF7O2. The molecule has 0 aliphatic heterocycles. The maximum Gasteiger partial charge on any atom is 0.422 e. The molecule has 0 saturated heterocycles. The standard InChI is InChI=1S/C19H12BrF7O2/c1-8(28)2-9-3-10(5-11(20)4-9)6-12(29)7-13-15(21)17(23)14(19(25,26)27)18(24)16(13)22/h3-5H,2,6-7H2,1H3. The van der Waals surface area contributed by atoms with Crippen molar-refractivity contribution in [2.45, 2.75) is 32.4 Å². The van der Waals surface area contributed by atoms with Crippen molar-refractivity contribution in [3.63, 3.8) is 0 Å². The number of ketones is 2. The average molecular weight is 485 g/mol. The van der Waals surface area contributed by atoms with E-state index in [1.54, 1.807) is 6.07 Å². The van der Waals surface area contributed by atoms with Crippen molar-refractivity contribution in [3.8, 4) is 0 Å². The monoisotopic (exact) mass is 484 g/mol. The number of alkyl halides is 3. The van der Waals surface area contributed by atoms with Gasteiger partial charge in [0.25, 0.3) is 0 Å². The van der Waals surface area contributed by atoms with E-state index in [0.29, 0.717) is 15.6 Å². The van der Waals surface area contributed by atoms with Crippen LogP contribution in [0.4, 0.5) is 30.7 Å². The molecule has 0 aliphatic carbocycles. The molecule has 0 bridgehead atoms. The van der Waals surface area contributed by atoms with Crippen LogP contribution in [0.2, 0.25) is 0 Å². The highest BCUT2D eigenvalue weighted by Gasteiger charge is 2.42. The molecule has 2 aromatic rings. The highest BCUT2D eigenvalue weighted by Crippen LogP contribution is 2.37. The molecule has 10 heteroatoms. The lowest BCUT2D eigenvalue weighted by molar-refractivity contribution is -0.143. The smallest absolute Gasteiger partial charge is 0.300 e. The van der Waals surface area contributed by atoms with Gasteiger partial charge in [0.15, 0.2) is 23.3 Å². The van der Waals surface area contributed by atoms with Crippen LogP contribution < -0.4 is 0 Å². The maximum absolute atomic E-state index is 13.9. The molecule has 156 valence electrons. The second-order valence-electron chi connectivity index (χ2n) is 6.35. The van der Waals surface area contributed by atoms with Gasteiger partial charge in [-0.05, 0) is 30.2 Å². The molecule has 0 amide bonds. The van der Waals surface area contributed by atoms with Crippen molar-refractivity contribution < 1.29 is 40.3 Å². The largest absolute Gasteiger partial charge is 0.422 e. The van der Waals surface area contributed by atoms with E-state index in [2.05, 4.69) is 15.9 Å². The molecule has 0 heterocycles. The predicted octanol–water partition coefficient (Wildman–Crippen LogP) is 5.51. The molecular weight excluding hydrogens is 473 g/mol. The molecule has 0 spiro atoms. The Morgan fingerprint density at radius 1 is 0.828 bits per heavy atom. The number of Topliss-reactive ketones (excluding diaryl/α,β-unsaturated/α-hetero) is 2. The first kappa shape index (κ1) is 23.1. The lowest BCUT2D eigenvalue weighted by Gasteiger charge is -2.14. The molecule has 0 atom stereocenters. The van der Waals surface area contributed by atoms with Gasteiger partial charge < -0.3 is 0 Å². The van der Waals surface area contributed by atoms with Gasteiger partial charge in [-0.15, -0.1) is 0 Å². The van der Waals surface area contributed by atoms with Crippen LogP contribution in [-0.2, 0) is 35.0 Å². The van der Waals surface area contributed by atoms with Crippen LogP contribution in [0.15, 0.2) is 22.7 Å². The van der Waals surface area contributed by atoms with E-state index >= 15 is 0 Å². The number of carbonyl (C=O) groups excluding carboxylic acids is 2. The molecule has 0 N–H and O–H groups in total. The third-order valence-corrected chi connectivity index (χ3v) is 4.34. The van der Waals surface area contributed by atoms with E-state index in [-0.39, 0.29) is 12.2 Å². The van der Waals surface area contributed by atoms with Gasteiger partial charge in [0.2, 0.25) is 0 Å². The first-order valence-electron chi connectivity index (χ1n) is 8.02. The Labute approximate surface area is 168 Å². The summed E-state index contributed by atoms with van der Waals surface area (Å²) in [7, 11) is 0. The Kier molecular flexibility index (Phi) is 6.87. The van der Waals surface area contributed by atoms with Gasteiger partial charge in [0.1, 0.15) is 17.1 Å². The minimum absolute atomic E-state index is 0.0687. The zero-order valence-corrected chi connectivity index (χ0v) is 16.3. The average Bonchev–Trinajstić information content (AvgIpc) is 2.54. The fourth-order valence-electron chi connectivity index (χ4n) is 2.78. The molecule has 29 heavy (non-hydrogen) atoms. The number of carbonyl (C=O) groups is 2. The Hall–Kier alpha value is -2.23. The first-order valence-corrected chi connectivity index (χ1v) is 8.82. The van der Waals surface area contributed by atoms with Crippen molar-refractivity contribution in [1.29, 1.82) is 0 Å². The summed E-state index contributed by atoms with van der Waals surface area (Å²) in [6, 6.07) is 4.60. The van der Waals surface area contributed by atoms with Crippen molar-refractivity contribution in [3.05, 3.63) is 68.2 Å². The van der Waals surface area contributed by atoms with E-state index in [9.17, 15) is 40.3 Å². The number of hydrogen-bond acceptors (Lipinski definition) is 2. The normalized spacial score (nSPS) is 11.6. The fourth-order valence-corrected chi connectivity index (χ4v) is 3.37. The molecule has 2 rings (SSSR count). The molecule has 0 saturated carbocycles. The van der Waals surface area contributed by atoms with Crippen LogP contribution in [0, 0.1) is 23.3 Å². The second-order valence-corrected chi connectivity index (χ2v) is 7.26. The Morgan fingerprint density at radius 2 is 1.31 bits per heavy atom. The van der Waals surface area contributed by atoms with Gasteiger partial charge in [0.05, 0.1) is 0 Å². The second kappa shape index (κ2) is 8.64. The van der Waals surface area contributed by atoms with Crippen molar-refractivity contribution in [1.82, 2.24) is 0 Å². The number of rotatable bonds is 6. The topological polar surface area (TPSA) is 34.1 Å².